The van der Waals surface area contributed by atoms with Crippen LogP contribution in [0.3, 0.4) is 0 Å². The van der Waals surface area contributed by atoms with Crippen molar-refractivity contribution in [1.82, 2.24) is 14.4 Å². The number of hydrogen-bond acceptors (Lipinski definition) is 8. The van der Waals surface area contributed by atoms with Crippen LogP contribution >= 0.6 is 0 Å². The van der Waals surface area contributed by atoms with Crippen LogP contribution in [-0.4, -0.2) is 61.6 Å². The van der Waals surface area contributed by atoms with Gasteiger partial charge in [0.25, 0.3) is 5.91 Å². The molecule has 34 heavy (non-hydrogen) atoms. The summed E-state index contributed by atoms with van der Waals surface area (Å²) in [6.45, 7) is 2.61. The van der Waals surface area contributed by atoms with Gasteiger partial charge in [0.2, 0.25) is 15.9 Å². The minimum atomic E-state index is -3.85. The summed E-state index contributed by atoms with van der Waals surface area (Å²) in [6.07, 6.45) is 0. The van der Waals surface area contributed by atoms with E-state index in [-0.39, 0.29) is 42.9 Å². The number of fused-ring (bicyclic) bond motifs is 1. The first-order valence-corrected chi connectivity index (χ1v) is 12.1. The molecule has 0 aliphatic carbocycles. The smallest absolute Gasteiger partial charge is 0.265 e. The van der Waals surface area contributed by atoms with Gasteiger partial charge in [0.15, 0.2) is 12.4 Å². The lowest BCUT2D eigenvalue weighted by molar-refractivity contribution is -0.121. The van der Waals surface area contributed by atoms with E-state index >= 15 is 0 Å². The van der Waals surface area contributed by atoms with Gasteiger partial charge in [-0.05, 0) is 30.3 Å². The summed E-state index contributed by atoms with van der Waals surface area (Å²) in [7, 11) is -3.85. The molecular weight excluding hydrogens is 465 g/mol. The van der Waals surface area contributed by atoms with Gasteiger partial charge in [-0.15, -0.1) is 0 Å². The molecule has 5 rings (SSSR count). The van der Waals surface area contributed by atoms with Crippen molar-refractivity contribution in [2.45, 2.75) is 18.4 Å². The monoisotopic (exact) mass is 487 g/mol. The maximum Gasteiger partial charge on any atom is 0.265 e. The number of carbonyl (C=O) groups excluding carboxylic acids is 1. The van der Waals surface area contributed by atoms with Crippen LogP contribution in [0.4, 0.5) is 15.8 Å². The van der Waals surface area contributed by atoms with Crippen molar-refractivity contribution in [2.75, 3.05) is 42.6 Å². The quantitative estimate of drug-likeness (QED) is 0.537. The van der Waals surface area contributed by atoms with Gasteiger partial charge in [0.05, 0.1) is 22.8 Å². The highest BCUT2D eigenvalue weighted by Crippen LogP contribution is 2.36. The summed E-state index contributed by atoms with van der Waals surface area (Å²) in [5.74, 6) is 0.374. The number of amides is 1. The average Bonchev–Trinajstić information content (AvgIpc) is 3.25. The first kappa shape index (κ1) is 22.3. The molecule has 1 amide bonds. The Morgan fingerprint density at radius 3 is 2.53 bits per heavy atom. The third-order valence-corrected chi connectivity index (χ3v) is 7.71. The number of para-hydroxylation sites is 1. The van der Waals surface area contributed by atoms with Crippen LogP contribution in [0.5, 0.6) is 5.75 Å². The standard InChI is InChI=1S/C22H22FN5O5S/c1-15-24-21(25-33-15)13-28-19-12-16(6-7-20(19)32-14-22(28)29)34(30,31)27-10-8-26(9-11-27)18-5-3-2-4-17(18)23/h2-7,12H,8-11,13-14H2,1H3. The van der Waals surface area contributed by atoms with Crippen molar-refractivity contribution in [3.05, 3.63) is 60.0 Å². The van der Waals surface area contributed by atoms with Crippen LogP contribution in [0.15, 0.2) is 51.9 Å². The molecule has 0 N–H and O–H groups in total. The summed E-state index contributed by atoms with van der Waals surface area (Å²) in [5.41, 5.74) is 0.779. The molecule has 0 bridgehead atoms. The Hall–Kier alpha value is -3.51. The molecule has 0 radical (unpaired) electrons. The summed E-state index contributed by atoms with van der Waals surface area (Å²) < 4.78 is 52.7. The number of nitrogens with zero attached hydrogens (tertiary/aromatic N) is 5. The van der Waals surface area contributed by atoms with Gasteiger partial charge in [0.1, 0.15) is 11.6 Å². The van der Waals surface area contributed by atoms with E-state index in [2.05, 4.69) is 10.1 Å². The van der Waals surface area contributed by atoms with Crippen LogP contribution in [0.25, 0.3) is 0 Å². The zero-order valence-corrected chi connectivity index (χ0v) is 19.2. The van der Waals surface area contributed by atoms with Gasteiger partial charge >= 0.3 is 0 Å². The van der Waals surface area contributed by atoms with Crippen molar-refractivity contribution in [3.63, 3.8) is 0 Å². The second-order valence-corrected chi connectivity index (χ2v) is 9.91. The number of ether oxygens (including phenoxy) is 1. The second kappa shape index (κ2) is 8.69. The fourth-order valence-electron chi connectivity index (χ4n) is 4.09. The van der Waals surface area contributed by atoms with Crippen LogP contribution in [-0.2, 0) is 21.4 Å². The molecular formula is C22H22FN5O5S. The number of aromatic nitrogens is 2. The fraction of sp³-hybridized carbons (Fsp3) is 0.318. The number of hydrogen-bond donors (Lipinski definition) is 0. The average molecular weight is 488 g/mol. The number of sulfonamides is 1. The molecule has 2 aliphatic heterocycles. The fourth-order valence-corrected chi connectivity index (χ4v) is 5.53. The highest BCUT2D eigenvalue weighted by Gasteiger charge is 2.33. The van der Waals surface area contributed by atoms with Crippen LogP contribution < -0.4 is 14.5 Å². The van der Waals surface area contributed by atoms with Crippen molar-refractivity contribution >= 4 is 27.3 Å². The van der Waals surface area contributed by atoms with E-state index in [1.54, 1.807) is 31.2 Å². The molecule has 0 unspecified atom stereocenters. The van der Waals surface area contributed by atoms with Crippen molar-refractivity contribution in [1.29, 1.82) is 0 Å². The molecule has 0 spiro atoms. The molecule has 1 aromatic heterocycles. The van der Waals surface area contributed by atoms with E-state index in [4.69, 9.17) is 9.26 Å². The summed E-state index contributed by atoms with van der Waals surface area (Å²) in [4.78, 5) is 19.9. The number of benzene rings is 2. The van der Waals surface area contributed by atoms with Crippen molar-refractivity contribution < 1.29 is 26.9 Å². The molecule has 10 nitrogen and oxygen atoms in total. The van der Waals surface area contributed by atoms with Gasteiger partial charge < -0.3 is 14.2 Å². The zero-order chi connectivity index (χ0) is 23.9. The lowest BCUT2D eigenvalue weighted by atomic mass is 10.2. The van der Waals surface area contributed by atoms with Crippen LogP contribution in [0.2, 0.25) is 0 Å². The van der Waals surface area contributed by atoms with E-state index in [0.717, 1.165) is 0 Å². The Morgan fingerprint density at radius 2 is 1.82 bits per heavy atom. The Balaban J connectivity index is 1.38. The molecule has 1 saturated heterocycles. The number of carbonyl (C=O) groups is 1. The molecule has 2 aliphatic rings. The topological polar surface area (TPSA) is 109 Å². The van der Waals surface area contributed by atoms with E-state index in [9.17, 15) is 17.6 Å². The Labute approximate surface area is 195 Å². The maximum absolute atomic E-state index is 14.1. The molecule has 1 fully saturated rings. The van der Waals surface area contributed by atoms with E-state index in [1.807, 2.05) is 4.90 Å². The lowest BCUT2D eigenvalue weighted by Gasteiger charge is -2.35. The SMILES string of the molecule is Cc1nc(CN2C(=O)COc3ccc(S(=O)(=O)N4CCN(c5ccccc5F)CC4)cc32)no1. The van der Waals surface area contributed by atoms with Gasteiger partial charge in [-0.25, -0.2) is 12.8 Å². The van der Waals surface area contributed by atoms with Crippen LogP contribution in [0, 0.1) is 12.7 Å². The predicted octanol–water partition coefficient (Wildman–Crippen LogP) is 1.95. The number of halogens is 1. The zero-order valence-electron chi connectivity index (χ0n) is 18.3. The van der Waals surface area contributed by atoms with E-state index in [1.165, 1.54) is 27.4 Å². The normalized spacial score (nSPS) is 16.9. The number of anilines is 2. The van der Waals surface area contributed by atoms with E-state index in [0.29, 0.717) is 41.9 Å². The summed E-state index contributed by atoms with van der Waals surface area (Å²) >= 11 is 0. The molecule has 0 saturated carbocycles. The Kier molecular flexibility index (Phi) is 5.70. The number of aryl methyl sites for hydroxylation is 1. The third-order valence-electron chi connectivity index (χ3n) is 5.81. The minimum absolute atomic E-state index is 0.0251. The number of rotatable bonds is 5. The molecule has 178 valence electrons. The second-order valence-electron chi connectivity index (χ2n) is 7.97. The van der Waals surface area contributed by atoms with Gasteiger partial charge in [-0.2, -0.15) is 9.29 Å². The third kappa shape index (κ3) is 4.10. The maximum atomic E-state index is 14.1. The molecule has 3 aromatic rings. The van der Waals surface area contributed by atoms with Crippen LogP contribution in [0.1, 0.15) is 11.7 Å². The summed E-state index contributed by atoms with van der Waals surface area (Å²) in [6, 6.07) is 10.9. The highest BCUT2D eigenvalue weighted by atomic mass is 32.2. The lowest BCUT2D eigenvalue weighted by Crippen LogP contribution is -2.49. The first-order chi connectivity index (χ1) is 16.3. The molecule has 2 aromatic carbocycles. The van der Waals surface area contributed by atoms with Gasteiger partial charge in [-0.3, -0.25) is 9.69 Å². The van der Waals surface area contributed by atoms with Crippen molar-refractivity contribution in [2.24, 2.45) is 0 Å². The minimum Gasteiger partial charge on any atom is -0.482 e. The molecule has 12 heteroatoms. The largest absolute Gasteiger partial charge is 0.482 e. The number of piperazine rings is 1. The molecule has 3 heterocycles. The van der Waals surface area contributed by atoms with Gasteiger partial charge in [0, 0.05) is 33.1 Å². The van der Waals surface area contributed by atoms with E-state index < -0.39 is 10.0 Å². The van der Waals surface area contributed by atoms with Crippen molar-refractivity contribution in [3.8, 4) is 5.75 Å². The predicted molar refractivity (Wildman–Crippen MR) is 120 cm³/mol. The summed E-state index contributed by atoms with van der Waals surface area (Å²) in [5, 5.41) is 3.82. The van der Waals surface area contributed by atoms with Gasteiger partial charge in [-0.1, -0.05) is 17.3 Å². The Bertz CT molecular complexity index is 1340. The first-order valence-electron chi connectivity index (χ1n) is 10.7. The molecule has 0 atom stereocenters. The highest BCUT2D eigenvalue weighted by molar-refractivity contribution is 7.89. The Morgan fingerprint density at radius 1 is 1.06 bits per heavy atom.